The fourth-order valence-corrected chi connectivity index (χ4v) is 3.05. The minimum absolute atomic E-state index is 0.0700. The van der Waals surface area contributed by atoms with E-state index in [1.54, 1.807) is 0 Å². The normalized spacial score (nSPS) is 12.2. The maximum absolute atomic E-state index is 12.9. The van der Waals surface area contributed by atoms with E-state index in [4.69, 9.17) is 4.74 Å². The van der Waals surface area contributed by atoms with E-state index >= 15 is 0 Å². The molecule has 124 valence electrons. The minimum atomic E-state index is -4.64. The molecule has 1 aromatic carbocycles. The molecule has 0 aliphatic rings. The first kappa shape index (κ1) is 17.2. The Morgan fingerprint density at radius 2 is 1.87 bits per heavy atom. The van der Waals surface area contributed by atoms with Crippen LogP contribution in [0.2, 0.25) is 0 Å². The van der Waals surface area contributed by atoms with Crippen LogP contribution in [-0.4, -0.2) is 31.2 Å². The summed E-state index contributed by atoms with van der Waals surface area (Å²) in [4.78, 5) is 7.29. The molecular weight excluding hydrogens is 333 g/mol. The van der Waals surface area contributed by atoms with Crippen LogP contribution in [0.25, 0.3) is 11.3 Å². The first-order chi connectivity index (χ1) is 10.7. The monoisotopic (exact) mass is 346 g/mol. The van der Waals surface area contributed by atoms with Gasteiger partial charge in [0.05, 0.1) is 29.0 Å². The first-order valence-corrected chi connectivity index (χ1v) is 8.14. The smallest absolute Gasteiger partial charge is 0.416 e. The predicted octanol–water partition coefficient (Wildman–Crippen LogP) is 2.96. The van der Waals surface area contributed by atoms with Crippen molar-refractivity contribution < 1.29 is 26.3 Å². The van der Waals surface area contributed by atoms with Gasteiger partial charge in [-0.1, -0.05) is 13.0 Å². The van der Waals surface area contributed by atoms with Crippen molar-refractivity contribution in [3.63, 3.8) is 0 Å². The number of ether oxygens (including phenoxy) is 1. The molecule has 0 aliphatic heterocycles. The summed E-state index contributed by atoms with van der Waals surface area (Å²) in [5.41, 5.74) is -0.799. The Morgan fingerprint density at radius 1 is 1.17 bits per heavy atom. The summed E-state index contributed by atoms with van der Waals surface area (Å²) in [6, 6.07) is 3.89. The van der Waals surface area contributed by atoms with Crippen LogP contribution in [0.3, 0.4) is 0 Å². The van der Waals surface area contributed by atoms with E-state index in [1.807, 2.05) is 0 Å². The van der Waals surface area contributed by atoms with Gasteiger partial charge in [0.1, 0.15) is 6.33 Å². The number of alkyl halides is 3. The molecular formula is C14H13F3N2O3S. The molecule has 1 aromatic heterocycles. The third-order valence-corrected chi connectivity index (χ3v) is 4.92. The molecule has 0 unspecified atom stereocenters. The highest BCUT2D eigenvalue weighted by molar-refractivity contribution is 7.91. The van der Waals surface area contributed by atoms with Crippen LogP contribution in [0.15, 0.2) is 35.5 Å². The Hall–Kier alpha value is -2.16. The van der Waals surface area contributed by atoms with Crippen LogP contribution in [0, 0.1) is 0 Å². The van der Waals surface area contributed by atoms with Crippen molar-refractivity contribution in [1.82, 2.24) is 9.97 Å². The van der Waals surface area contributed by atoms with Crippen LogP contribution in [0.4, 0.5) is 13.2 Å². The number of nitrogens with zero attached hydrogens (tertiary/aromatic N) is 2. The van der Waals surface area contributed by atoms with Gasteiger partial charge >= 0.3 is 6.18 Å². The zero-order valence-corrected chi connectivity index (χ0v) is 13.1. The molecule has 0 spiro atoms. The second-order valence-corrected chi connectivity index (χ2v) is 6.80. The molecule has 9 heteroatoms. The van der Waals surface area contributed by atoms with Crippen molar-refractivity contribution >= 4 is 9.84 Å². The lowest BCUT2D eigenvalue weighted by atomic mass is 10.1. The molecule has 23 heavy (non-hydrogen) atoms. The molecule has 5 nitrogen and oxygen atoms in total. The largest absolute Gasteiger partial charge is 0.481 e. The molecule has 0 amide bonds. The van der Waals surface area contributed by atoms with Crippen molar-refractivity contribution in [2.45, 2.75) is 18.0 Å². The van der Waals surface area contributed by atoms with Gasteiger partial charge in [0.2, 0.25) is 5.88 Å². The SMILES string of the molecule is CCS(=O)(=O)c1cc(C(F)(F)F)ccc1-c1cc(OC)ncn1. The highest BCUT2D eigenvalue weighted by Gasteiger charge is 2.33. The average Bonchev–Trinajstić information content (AvgIpc) is 2.53. The molecule has 2 rings (SSSR count). The Labute approximate surface area is 131 Å². The Kier molecular flexibility index (Phi) is 4.60. The second-order valence-electron chi connectivity index (χ2n) is 4.56. The lowest BCUT2D eigenvalue weighted by Crippen LogP contribution is -2.11. The summed E-state index contributed by atoms with van der Waals surface area (Å²) >= 11 is 0. The zero-order chi connectivity index (χ0) is 17.3. The van der Waals surface area contributed by atoms with Gasteiger partial charge in [-0.2, -0.15) is 13.2 Å². The molecule has 0 saturated carbocycles. The second kappa shape index (κ2) is 6.15. The molecule has 1 heterocycles. The quantitative estimate of drug-likeness (QED) is 0.851. The molecule has 0 bridgehead atoms. The third kappa shape index (κ3) is 3.61. The molecule has 0 fully saturated rings. The topological polar surface area (TPSA) is 69.2 Å². The maximum Gasteiger partial charge on any atom is 0.416 e. The average molecular weight is 346 g/mol. The van der Waals surface area contributed by atoms with E-state index in [1.165, 1.54) is 20.1 Å². The number of hydrogen-bond donors (Lipinski definition) is 0. The molecule has 0 radical (unpaired) electrons. The Morgan fingerprint density at radius 3 is 2.43 bits per heavy atom. The lowest BCUT2D eigenvalue weighted by Gasteiger charge is -2.13. The third-order valence-electron chi connectivity index (χ3n) is 3.15. The van der Waals surface area contributed by atoms with Gasteiger partial charge in [-0.15, -0.1) is 0 Å². The van der Waals surface area contributed by atoms with Crippen LogP contribution in [-0.2, 0) is 16.0 Å². The van der Waals surface area contributed by atoms with Crippen LogP contribution >= 0.6 is 0 Å². The fraction of sp³-hybridized carbons (Fsp3) is 0.286. The maximum atomic E-state index is 12.9. The summed E-state index contributed by atoms with van der Waals surface area (Å²) in [5, 5.41) is 0. The van der Waals surface area contributed by atoms with E-state index in [9.17, 15) is 21.6 Å². The Bertz CT molecular complexity index is 820. The summed E-state index contributed by atoms with van der Waals surface area (Å²) < 4.78 is 67.9. The first-order valence-electron chi connectivity index (χ1n) is 6.49. The van der Waals surface area contributed by atoms with Crippen molar-refractivity contribution in [2.75, 3.05) is 12.9 Å². The zero-order valence-electron chi connectivity index (χ0n) is 12.3. The summed E-state index contributed by atoms with van der Waals surface area (Å²) in [5.74, 6) is -0.154. The van der Waals surface area contributed by atoms with Crippen LogP contribution in [0.1, 0.15) is 12.5 Å². The molecule has 0 atom stereocenters. The Balaban J connectivity index is 2.73. The van der Waals surface area contributed by atoms with Gasteiger partial charge < -0.3 is 4.74 Å². The fourth-order valence-electron chi connectivity index (χ4n) is 1.92. The predicted molar refractivity (Wildman–Crippen MR) is 76.7 cm³/mol. The van der Waals surface area contributed by atoms with Gasteiger partial charge in [-0.05, 0) is 12.1 Å². The number of methoxy groups -OCH3 is 1. The van der Waals surface area contributed by atoms with Crippen molar-refractivity contribution in [3.05, 3.63) is 36.2 Å². The standard InChI is InChI=1S/C14H13F3N2O3S/c1-3-23(20,21)12-6-9(14(15,16)17)4-5-10(12)11-7-13(22-2)19-8-18-11/h4-8H,3H2,1-2H3. The lowest BCUT2D eigenvalue weighted by molar-refractivity contribution is -0.137. The molecule has 0 aliphatic carbocycles. The highest BCUT2D eigenvalue weighted by atomic mass is 32.2. The number of rotatable bonds is 4. The van der Waals surface area contributed by atoms with E-state index in [2.05, 4.69) is 9.97 Å². The van der Waals surface area contributed by atoms with E-state index in [0.29, 0.717) is 6.07 Å². The van der Waals surface area contributed by atoms with E-state index in [-0.39, 0.29) is 22.9 Å². The number of aromatic nitrogens is 2. The molecule has 2 aromatic rings. The van der Waals surface area contributed by atoms with Gasteiger partial charge in [0.15, 0.2) is 9.84 Å². The number of halogens is 3. The number of sulfone groups is 1. The molecule has 0 saturated heterocycles. The van der Waals surface area contributed by atoms with Crippen molar-refractivity contribution in [2.24, 2.45) is 0 Å². The van der Waals surface area contributed by atoms with Crippen molar-refractivity contribution in [1.29, 1.82) is 0 Å². The van der Waals surface area contributed by atoms with Gasteiger partial charge in [-0.25, -0.2) is 18.4 Å². The van der Waals surface area contributed by atoms with Gasteiger partial charge in [0.25, 0.3) is 0 Å². The number of hydrogen-bond acceptors (Lipinski definition) is 5. The molecule has 0 N–H and O–H groups in total. The highest BCUT2D eigenvalue weighted by Crippen LogP contribution is 2.35. The number of benzene rings is 1. The van der Waals surface area contributed by atoms with Crippen LogP contribution < -0.4 is 4.74 Å². The van der Waals surface area contributed by atoms with Crippen LogP contribution in [0.5, 0.6) is 5.88 Å². The van der Waals surface area contributed by atoms with Crippen molar-refractivity contribution in [3.8, 4) is 17.1 Å². The summed E-state index contributed by atoms with van der Waals surface area (Å²) in [7, 11) is -2.52. The summed E-state index contributed by atoms with van der Waals surface area (Å²) in [6.45, 7) is 1.36. The summed E-state index contributed by atoms with van der Waals surface area (Å²) in [6.07, 6.45) is -3.49. The van der Waals surface area contributed by atoms with E-state index < -0.39 is 26.5 Å². The van der Waals surface area contributed by atoms with E-state index in [0.717, 1.165) is 18.5 Å². The minimum Gasteiger partial charge on any atom is -0.481 e. The van der Waals surface area contributed by atoms with Gasteiger partial charge in [0, 0.05) is 11.6 Å². The van der Waals surface area contributed by atoms with Gasteiger partial charge in [-0.3, -0.25) is 0 Å².